The molecule has 3 rings (SSSR count). The summed E-state index contributed by atoms with van der Waals surface area (Å²) < 4.78 is 5.72. The molecular formula is C24H29N5O6. The number of aromatic nitrogens is 1. The van der Waals surface area contributed by atoms with E-state index in [4.69, 9.17) is 4.74 Å². The normalized spacial score (nSPS) is 18.9. The number of rotatable bonds is 2. The third-order valence-corrected chi connectivity index (χ3v) is 5.37. The Morgan fingerprint density at radius 1 is 1.17 bits per heavy atom. The number of aliphatic hydroxyl groups is 1. The lowest BCUT2D eigenvalue weighted by Crippen LogP contribution is -2.53. The minimum atomic E-state index is -1.23. The third-order valence-electron chi connectivity index (χ3n) is 5.37. The van der Waals surface area contributed by atoms with E-state index in [-0.39, 0.29) is 44.0 Å². The van der Waals surface area contributed by atoms with E-state index in [0.717, 1.165) is 5.56 Å². The van der Waals surface area contributed by atoms with Crippen LogP contribution in [0.5, 0.6) is 5.75 Å². The van der Waals surface area contributed by atoms with Gasteiger partial charge in [-0.2, -0.15) is 0 Å². The number of carbonyl (C=O) groups excluding carboxylic acids is 4. The summed E-state index contributed by atoms with van der Waals surface area (Å²) in [6.45, 7) is 3.26. The van der Waals surface area contributed by atoms with E-state index in [0.29, 0.717) is 5.75 Å². The van der Waals surface area contributed by atoms with E-state index in [1.165, 1.54) is 30.2 Å². The number of carbonyl (C=O) groups is 4. The predicted molar refractivity (Wildman–Crippen MR) is 126 cm³/mol. The van der Waals surface area contributed by atoms with Crippen molar-refractivity contribution in [2.75, 3.05) is 32.8 Å². The van der Waals surface area contributed by atoms with Crippen LogP contribution in [0.15, 0.2) is 42.6 Å². The first-order valence-electron chi connectivity index (χ1n) is 11.2. The summed E-state index contributed by atoms with van der Waals surface area (Å²) in [7, 11) is 0. The van der Waals surface area contributed by atoms with Gasteiger partial charge < -0.3 is 30.7 Å². The molecular weight excluding hydrogens is 454 g/mol. The van der Waals surface area contributed by atoms with Gasteiger partial charge in [0.15, 0.2) is 0 Å². The highest BCUT2D eigenvalue weighted by molar-refractivity contribution is 5.98. The molecule has 2 aromatic rings. The molecule has 186 valence electrons. The Bertz CT molecular complexity index is 1080. The molecule has 11 nitrogen and oxygen atoms in total. The third kappa shape index (κ3) is 7.00. The number of ether oxygens (including phenoxy) is 1. The van der Waals surface area contributed by atoms with Crippen molar-refractivity contribution in [2.45, 2.75) is 26.0 Å². The number of nitrogens with zero attached hydrogens (tertiary/aromatic N) is 2. The first-order chi connectivity index (χ1) is 16.8. The lowest BCUT2D eigenvalue weighted by molar-refractivity contribution is -0.125. The molecule has 1 aromatic heterocycles. The van der Waals surface area contributed by atoms with Gasteiger partial charge in [0.1, 0.15) is 24.1 Å². The lowest BCUT2D eigenvalue weighted by atomic mass is 10.1. The van der Waals surface area contributed by atoms with Gasteiger partial charge in [-0.3, -0.25) is 24.2 Å². The number of aryl methyl sites for hydroxylation is 1. The van der Waals surface area contributed by atoms with Crippen molar-refractivity contribution < 1.29 is 29.0 Å². The van der Waals surface area contributed by atoms with Gasteiger partial charge >= 0.3 is 0 Å². The SMILES string of the molecule is Cc1ccc2cc1OCCNC(=O)CN(C(=O)c1ccccn1)CCNC(=O)[C@H]([C@@H](C)O)NC2=O. The standard InChI is InChI=1S/C24H29N5O6/c1-15-6-7-17-13-19(15)35-12-10-26-20(31)14-29(24(34)18-5-3-4-8-25-18)11-9-27-23(33)21(16(2)30)28-22(17)32/h3-8,13,16,21,30H,9-12,14H2,1-2H3,(H,26,31)(H,27,33)(H,28,32)/t16-,21+/m1/s1. The molecule has 4 N–H and O–H groups in total. The van der Waals surface area contributed by atoms with Crippen LogP contribution < -0.4 is 20.7 Å². The Kier molecular flexibility index (Phi) is 8.74. The van der Waals surface area contributed by atoms with Crippen LogP contribution in [-0.4, -0.2) is 83.6 Å². The Morgan fingerprint density at radius 3 is 2.69 bits per heavy atom. The van der Waals surface area contributed by atoms with Crippen molar-refractivity contribution >= 4 is 23.6 Å². The van der Waals surface area contributed by atoms with Crippen LogP contribution >= 0.6 is 0 Å². The van der Waals surface area contributed by atoms with E-state index in [2.05, 4.69) is 20.9 Å². The molecule has 0 fully saturated rings. The second-order valence-electron chi connectivity index (χ2n) is 8.10. The quantitative estimate of drug-likeness (QED) is 0.455. The van der Waals surface area contributed by atoms with Gasteiger partial charge in [-0.05, 0) is 43.7 Å². The van der Waals surface area contributed by atoms with Crippen molar-refractivity contribution in [2.24, 2.45) is 0 Å². The maximum atomic E-state index is 12.9. The van der Waals surface area contributed by atoms with Gasteiger partial charge in [0.05, 0.1) is 19.2 Å². The molecule has 0 aliphatic carbocycles. The average Bonchev–Trinajstić information content (AvgIpc) is 2.84. The second kappa shape index (κ2) is 11.9. The molecule has 2 bridgehead atoms. The number of aliphatic hydroxyl groups excluding tert-OH is 1. The number of hydrogen-bond donors (Lipinski definition) is 4. The highest BCUT2D eigenvalue weighted by Crippen LogP contribution is 2.20. The molecule has 11 heteroatoms. The van der Waals surface area contributed by atoms with E-state index in [1.807, 2.05) is 6.92 Å². The van der Waals surface area contributed by atoms with Crippen molar-refractivity contribution in [3.8, 4) is 5.75 Å². The van der Waals surface area contributed by atoms with Crippen LogP contribution in [0, 0.1) is 6.92 Å². The lowest BCUT2D eigenvalue weighted by Gasteiger charge is -2.24. The van der Waals surface area contributed by atoms with Crippen molar-refractivity contribution in [1.29, 1.82) is 0 Å². The zero-order valence-electron chi connectivity index (χ0n) is 19.6. The van der Waals surface area contributed by atoms with Crippen molar-refractivity contribution in [1.82, 2.24) is 25.8 Å². The summed E-state index contributed by atoms with van der Waals surface area (Å²) in [5.41, 5.74) is 1.19. The molecule has 0 saturated heterocycles. The molecule has 0 spiro atoms. The smallest absolute Gasteiger partial charge is 0.272 e. The Balaban J connectivity index is 1.83. The summed E-state index contributed by atoms with van der Waals surface area (Å²) in [5.74, 6) is -1.62. The van der Waals surface area contributed by atoms with E-state index < -0.39 is 35.8 Å². The van der Waals surface area contributed by atoms with Gasteiger partial charge in [0.25, 0.3) is 11.8 Å². The predicted octanol–water partition coefficient (Wildman–Crippen LogP) is -0.364. The Hall–Kier alpha value is -3.99. The molecule has 1 aliphatic rings. The molecule has 1 aromatic carbocycles. The topological polar surface area (TPSA) is 150 Å². The van der Waals surface area contributed by atoms with E-state index in [1.54, 1.807) is 24.3 Å². The molecule has 4 amide bonds. The first kappa shape index (κ1) is 25.6. The zero-order valence-corrected chi connectivity index (χ0v) is 19.6. The van der Waals surface area contributed by atoms with Gasteiger partial charge in [0.2, 0.25) is 11.8 Å². The molecule has 0 unspecified atom stereocenters. The number of pyridine rings is 1. The van der Waals surface area contributed by atoms with Gasteiger partial charge in [-0.25, -0.2) is 0 Å². The van der Waals surface area contributed by atoms with Crippen LogP contribution in [0.1, 0.15) is 33.3 Å². The second-order valence-corrected chi connectivity index (χ2v) is 8.10. The zero-order chi connectivity index (χ0) is 25.4. The summed E-state index contributed by atoms with van der Waals surface area (Å²) >= 11 is 0. The molecule has 2 heterocycles. The van der Waals surface area contributed by atoms with Crippen LogP contribution in [0.2, 0.25) is 0 Å². The molecule has 0 radical (unpaired) electrons. The summed E-state index contributed by atoms with van der Waals surface area (Å²) in [5, 5.41) is 18.0. The fourth-order valence-corrected chi connectivity index (χ4v) is 3.43. The van der Waals surface area contributed by atoms with Gasteiger partial charge in [0, 0.05) is 24.8 Å². The van der Waals surface area contributed by atoms with Crippen LogP contribution in [-0.2, 0) is 9.59 Å². The number of nitrogens with one attached hydrogen (secondary N) is 3. The summed E-state index contributed by atoms with van der Waals surface area (Å²) in [6, 6.07) is 8.46. The van der Waals surface area contributed by atoms with Crippen molar-refractivity contribution in [3.05, 3.63) is 59.4 Å². The molecule has 1 aliphatic heterocycles. The van der Waals surface area contributed by atoms with Crippen LogP contribution in [0.3, 0.4) is 0 Å². The fraction of sp³-hybridized carbons (Fsp3) is 0.375. The molecule has 0 saturated carbocycles. The average molecular weight is 484 g/mol. The van der Waals surface area contributed by atoms with Crippen LogP contribution in [0.4, 0.5) is 0 Å². The van der Waals surface area contributed by atoms with Gasteiger partial charge in [-0.15, -0.1) is 0 Å². The largest absolute Gasteiger partial charge is 0.491 e. The van der Waals surface area contributed by atoms with E-state index in [9.17, 15) is 24.3 Å². The van der Waals surface area contributed by atoms with Crippen molar-refractivity contribution in [3.63, 3.8) is 0 Å². The van der Waals surface area contributed by atoms with E-state index >= 15 is 0 Å². The number of hydrogen-bond acceptors (Lipinski definition) is 7. The Morgan fingerprint density at radius 2 is 1.97 bits per heavy atom. The Labute approximate surface area is 202 Å². The highest BCUT2D eigenvalue weighted by atomic mass is 16.5. The van der Waals surface area contributed by atoms with Crippen LogP contribution in [0.25, 0.3) is 0 Å². The minimum absolute atomic E-state index is 0.00547. The van der Waals surface area contributed by atoms with Gasteiger partial charge in [-0.1, -0.05) is 12.1 Å². The maximum Gasteiger partial charge on any atom is 0.272 e. The number of amides is 4. The highest BCUT2D eigenvalue weighted by Gasteiger charge is 2.27. The molecule has 2 atom stereocenters. The molecule has 35 heavy (non-hydrogen) atoms. The first-order valence-corrected chi connectivity index (χ1v) is 11.2. The summed E-state index contributed by atoms with van der Waals surface area (Å²) in [4.78, 5) is 56.2. The fourth-order valence-electron chi connectivity index (χ4n) is 3.43. The maximum absolute atomic E-state index is 12.9. The number of benzene rings is 1. The minimum Gasteiger partial charge on any atom is -0.491 e. The number of fused-ring (bicyclic) bond motifs is 2. The summed E-state index contributed by atoms with van der Waals surface area (Å²) in [6.07, 6.45) is 0.290. The monoisotopic (exact) mass is 483 g/mol.